The first-order valence-corrected chi connectivity index (χ1v) is 11.0. The first-order chi connectivity index (χ1) is 14.0. The fourth-order valence-electron chi connectivity index (χ4n) is 6.06. The molecular formula is C23H30N2O4. The normalized spacial score (nSPS) is 35.7. The minimum atomic E-state index is -0.691. The van der Waals surface area contributed by atoms with Gasteiger partial charge in [-0.1, -0.05) is 0 Å². The molecule has 5 atom stereocenters. The van der Waals surface area contributed by atoms with Crippen molar-refractivity contribution in [1.29, 1.82) is 0 Å². The zero-order valence-electron chi connectivity index (χ0n) is 17.3. The minimum Gasteiger partial charge on any atom is -0.497 e. The lowest BCUT2D eigenvalue weighted by atomic mass is 9.59. The molecule has 4 fully saturated rings. The Morgan fingerprint density at radius 2 is 2.14 bits per heavy atom. The van der Waals surface area contributed by atoms with Gasteiger partial charge in [-0.05, 0) is 63.5 Å². The standard InChI is InChI=1S/C23H30N2O4/c1-14-5-3-4-10-25(14)22(27)19-11-16-7-6-15(19)13-23(16)24-21(26)18-9-8-17(28-2)12-20(18)29-23/h8-9,12,14-16,19H,3-7,10-11,13H2,1-2H3,(H,24,26)/t14-,15-,16+,19-,23+/m1/s1. The summed E-state index contributed by atoms with van der Waals surface area (Å²) in [6.45, 7) is 3.06. The Bertz CT molecular complexity index is 840. The zero-order chi connectivity index (χ0) is 20.2. The van der Waals surface area contributed by atoms with Gasteiger partial charge in [0, 0.05) is 36.9 Å². The number of fused-ring (bicyclic) bond motifs is 3. The predicted octanol–water partition coefficient (Wildman–Crippen LogP) is 3.35. The Labute approximate surface area is 171 Å². The summed E-state index contributed by atoms with van der Waals surface area (Å²) >= 11 is 0. The molecule has 156 valence electrons. The molecule has 3 aliphatic carbocycles. The molecule has 1 aromatic rings. The van der Waals surface area contributed by atoms with Gasteiger partial charge in [0.2, 0.25) is 5.91 Å². The third-order valence-electron chi connectivity index (χ3n) is 7.67. The summed E-state index contributed by atoms with van der Waals surface area (Å²) < 4.78 is 11.8. The first-order valence-electron chi connectivity index (χ1n) is 11.0. The number of likely N-dealkylation sites (tertiary alicyclic amines) is 1. The summed E-state index contributed by atoms with van der Waals surface area (Å²) in [5, 5.41) is 3.18. The second-order valence-corrected chi connectivity index (χ2v) is 9.26. The van der Waals surface area contributed by atoms with Gasteiger partial charge >= 0.3 is 0 Å². The van der Waals surface area contributed by atoms with E-state index in [0.29, 0.717) is 35.4 Å². The number of rotatable bonds is 2. The second kappa shape index (κ2) is 6.92. The molecular weight excluding hydrogens is 368 g/mol. The van der Waals surface area contributed by atoms with E-state index < -0.39 is 5.72 Å². The molecule has 3 saturated carbocycles. The van der Waals surface area contributed by atoms with Crippen molar-refractivity contribution in [2.75, 3.05) is 13.7 Å². The highest BCUT2D eigenvalue weighted by Gasteiger charge is 2.57. The first kappa shape index (κ1) is 18.8. The molecule has 5 aliphatic rings. The topological polar surface area (TPSA) is 67.9 Å². The predicted molar refractivity (Wildman–Crippen MR) is 108 cm³/mol. The molecule has 0 radical (unpaired) electrons. The lowest BCUT2D eigenvalue weighted by Gasteiger charge is -2.55. The van der Waals surface area contributed by atoms with Crippen molar-refractivity contribution >= 4 is 11.8 Å². The number of piperidine rings is 1. The monoisotopic (exact) mass is 398 g/mol. The van der Waals surface area contributed by atoms with Crippen molar-refractivity contribution < 1.29 is 19.1 Å². The molecule has 0 aromatic heterocycles. The van der Waals surface area contributed by atoms with Gasteiger partial charge in [-0.2, -0.15) is 0 Å². The van der Waals surface area contributed by atoms with Gasteiger partial charge in [-0.3, -0.25) is 9.59 Å². The molecule has 6 rings (SSSR count). The molecule has 1 spiro atoms. The van der Waals surface area contributed by atoms with E-state index in [2.05, 4.69) is 17.1 Å². The van der Waals surface area contributed by atoms with Crippen molar-refractivity contribution in [3.63, 3.8) is 0 Å². The summed E-state index contributed by atoms with van der Waals surface area (Å²) in [6, 6.07) is 5.68. The smallest absolute Gasteiger partial charge is 0.258 e. The van der Waals surface area contributed by atoms with Crippen LogP contribution in [0.4, 0.5) is 0 Å². The molecule has 2 heterocycles. The minimum absolute atomic E-state index is 0.0622. The molecule has 2 bridgehead atoms. The van der Waals surface area contributed by atoms with Crippen LogP contribution in [0.15, 0.2) is 18.2 Å². The van der Waals surface area contributed by atoms with E-state index in [0.717, 1.165) is 38.6 Å². The molecule has 6 nitrogen and oxygen atoms in total. The lowest BCUT2D eigenvalue weighted by Crippen LogP contribution is -2.67. The number of methoxy groups -OCH3 is 1. The quantitative estimate of drug-likeness (QED) is 0.830. The van der Waals surface area contributed by atoms with Crippen LogP contribution in [0.2, 0.25) is 0 Å². The average Bonchev–Trinajstić information content (AvgIpc) is 2.73. The van der Waals surface area contributed by atoms with Crippen LogP contribution in [-0.2, 0) is 4.79 Å². The highest BCUT2D eigenvalue weighted by atomic mass is 16.5. The fourth-order valence-corrected chi connectivity index (χ4v) is 6.06. The van der Waals surface area contributed by atoms with E-state index in [4.69, 9.17) is 9.47 Å². The van der Waals surface area contributed by atoms with E-state index in [1.54, 1.807) is 25.3 Å². The maximum Gasteiger partial charge on any atom is 0.258 e. The summed E-state index contributed by atoms with van der Waals surface area (Å²) in [7, 11) is 1.61. The fraction of sp³-hybridized carbons (Fsp3) is 0.652. The Hall–Kier alpha value is -2.24. The number of nitrogens with one attached hydrogen (secondary N) is 1. The van der Waals surface area contributed by atoms with Crippen LogP contribution in [0.25, 0.3) is 0 Å². The van der Waals surface area contributed by atoms with Gasteiger partial charge < -0.3 is 19.7 Å². The van der Waals surface area contributed by atoms with Gasteiger partial charge in [0.15, 0.2) is 5.72 Å². The van der Waals surface area contributed by atoms with Crippen LogP contribution in [0.5, 0.6) is 11.5 Å². The summed E-state index contributed by atoms with van der Waals surface area (Å²) in [4.78, 5) is 28.3. The van der Waals surface area contributed by atoms with Crippen LogP contribution in [-0.4, -0.2) is 42.1 Å². The number of hydrogen-bond acceptors (Lipinski definition) is 4. The van der Waals surface area contributed by atoms with Gasteiger partial charge in [0.1, 0.15) is 11.5 Å². The van der Waals surface area contributed by atoms with Crippen LogP contribution in [0.1, 0.15) is 62.2 Å². The molecule has 1 N–H and O–H groups in total. The Kier molecular flexibility index (Phi) is 4.48. The summed E-state index contributed by atoms with van der Waals surface area (Å²) in [6.07, 6.45) is 6.96. The van der Waals surface area contributed by atoms with E-state index in [9.17, 15) is 9.59 Å². The highest BCUT2D eigenvalue weighted by molar-refractivity contribution is 5.98. The van der Waals surface area contributed by atoms with Crippen LogP contribution in [0.3, 0.4) is 0 Å². The van der Waals surface area contributed by atoms with E-state index in [1.807, 2.05) is 0 Å². The number of carbonyl (C=O) groups excluding carboxylic acids is 2. The third-order valence-corrected chi connectivity index (χ3v) is 7.67. The van der Waals surface area contributed by atoms with Crippen LogP contribution >= 0.6 is 0 Å². The van der Waals surface area contributed by atoms with Gasteiger partial charge in [-0.15, -0.1) is 0 Å². The van der Waals surface area contributed by atoms with Crippen LogP contribution < -0.4 is 14.8 Å². The van der Waals surface area contributed by atoms with Crippen molar-refractivity contribution in [2.45, 2.75) is 63.6 Å². The molecule has 29 heavy (non-hydrogen) atoms. The summed E-state index contributed by atoms with van der Waals surface area (Å²) in [5.41, 5.74) is -0.142. The molecule has 2 aliphatic heterocycles. The van der Waals surface area contributed by atoms with Gasteiger partial charge in [0.25, 0.3) is 5.91 Å². The van der Waals surface area contributed by atoms with Crippen molar-refractivity contribution in [3.8, 4) is 11.5 Å². The number of hydrogen-bond donors (Lipinski definition) is 1. The molecule has 6 heteroatoms. The Morgan fingerprint density at radius 1 is 1.28 bits per heavy atom. The third kappa shape index (κ3) is 2.99. The van der Waals surface area contributed by atoms with E-state index in [-0.39, 0.29) is 23.7 Å². The Balaban J connectivity index is 1.38. The van der Waals surface area contributed by atoms with Gasteiger partial charge in [-0.25, -0.2) is 0 Å². The van der Waals surface area contributed by atoms with E-state index in [1.165, 1.54) is 6.42 Å². The largest absolute Gasteiger partial charge is 0.497 e. The van der Waals surface area contributed by atoms with E-state index >= 15 is 0 Å². The lowest BCUT2D eigenvalue weighted by molar-refractivity contribution is -0.158. The zero-order valence-corrected chi connectivity index (χ0v) is 17.3. The highest BCUT2D eigenvalue weighted by Crippen LogP contribution is 2.53. The van der Waals surface area contributed by atoms with Crippen molar-refractivity contribution in [3.05, 3.63) is 23.8 Å². The number of benzene rings is 1. The molecule has 1 saturated heterocycles. The maximum atomic E-state index is 13.4. The van der Waals surface area contributed by atoms with Crippen molar-refractivity contribution in [1.82, 2.24) is 10.2 Å². The second-order valence-electron chi connectivity index (χ2n) is 9.26. The Morgan fingerprint density at radius 3 is 2.86 bits per heavy atom. The number of ether oxygens (including phenoxy) is 2. The average molecular weight is 399 g/mol. The van der Waals surface area contributed by atoms with Crippen LogP contribution in [0, 0.1) is 17.8 Å². The van der Waals surface area contributed by atoms with Gasteiger partial charge in [0.05, 0.1) is 12.7 Å². The number of amides is 2. The SMILES string of the molecule is COc1ccc2c(c1)O[C@]1(C[C@H]3CC[C@H]1C[C@H]3C(=O)N1CCCC[C@H]1C)NC2=O. The molecule has 2 amide bonds. The number of nitrogens with zero attached hydrogens (tertiary/aromatic N) is 1. The number of carbonyl (C=O) groups is 2. The van der Waals surface area contributed by atoms with Crippen molar-refractivity contribution in [2.24, 2.45) is 17.8 Å². The molecule has 1 aromatic carbocycles. The summed E-state index contributed by atoms with van der Waals surface area (Å²) in [5.74, 6) is 1.99. The molecule has 0 unspecified atom stereocenters. The maximum absolute atomic E-state index is 13.4.